The van der Waals surface area contributed by atoms with Crippen LogP contribution in [0.15, 0.2) is 12.3 Å². The van der Waals surface area contributed by atoms with Gasteiger partial charge in [-0.15, -0.1) is 0 Å². The van der Waals surface area contributed by atoms with E-state index in [4.69, 9.17) is 16.3 Å². The lowest BCUT2D eigenvalue weighted by atomic mass is 10.3. The average molecular weight is 241 g/mol. The van der Waals surface area contributed by atoms with Crippen LogP contribution in [0.3, 0.4) is 0 Å². The van der Waals surface area contributed by atoms with E-state index in [1.54, 1.807) is 12.3 Å². The van der Waals surface area contributed by atoms with Gasteiger partial charge < -0.3 is 4.74 Å². The van der Waals surface area contributed by atoms with Crippen LogP contribution in [0.4, 0.5) is 0 Å². The van der Waals surface area contributed by atoms with E-state index in [2.05, 4.69) is 9.88 Å². The lowest BCUT2D eigenvalue weighted by Crippen LogP contribution is -2.25. The van der Waals surface area contributed by atoms with E-state index in [1.165, 1.54) is 25.9 Å². The highest BCUT2D eigenvalue weighted by Gasteiger charge is 2.11. The third-order valence-electron chi connectivity index (χ3n) is 2.88. The Hall–Kier alpha value is -0.800. The van der Waals surface area contributed by atoms with Crippen LogP contribution in [0.25, 0.3) is 0 Å². The monoisotopic (exact) mass is 240 g/mol. The molecule has 2 rings (SSSR count). The second-order valence-electron chi connectivity index (χ2n) is 4.17. The van der Waals surface area contributed by atoms with Gasteiger partial charge in [-0.2, -0.15) is 0 Å². The molecule has 0 bridgehead atoms. The Morgan fingerprint density at radius 2 is 2.19 bits per heavy atom. The molecule has 1 saturated heterocycles. The minimum atomic E-state index is 0.488. The summed E-state index contributed by atoms with van der Waals surface area (Å²) >= 11 is 5.82. The van der Waals surface area contributed by atoms with E-state index >= 15 is 0 Å². The maximum Gasteiger partial charge on any atom is 0.132 e. The molecule has 0 spiro atoms. The second kappa shape index (κ2) is 5.51. The predicted octanol–water partition coefficient (Wildman–Crippen LogP) is 2.52. The number of halogens is 1. The van der Waals surface area contributed by atoms with E-state index in [0.717, 1.165) is 24.5 Å². The minimum absolute atomic E-state index is 0.488. The summed E-state index contributed by atoms with van der Waals surface area (Å²) in [5, 5.41) is 0.488. The fourth-order valence-electron chi connectivity index (χ4n) is 1.93. The summed E-state index contributed by atoms with van der Waals surface area (Å²) in [4.78, 5) is 6.43. The molecule has 0 unspecified atom stereocenters. The zero-order valence-electron chi connectivity index (χ0n) is 9.58. The summed E-state index contributed by atoms with van der Waals surface area (Å²) in [7, 11) is 0. The number of hydrogen-bond donors (Lipinski definition) is 0. The molecule has 1 aliphatic rings. The summed E-state index contributed by atoms with van der Waals surface area (Å²) in [6.07, 6.45) is 4.38. The van der Waals surface area contributed by atoms with Crippen molar-refractivity contribution >= 4 is 11.6 Å². The topological polar surface area (TPSA) is 25.4 Å². The summed E-state index contributed by atoms with van der Waals surface area (Å²) in [5.41, 5.74) is 1.03. The third-order valence-corrected chi connectivity index (χ3v) is 3.09. The second-order valence-corrected chi connectivity index (χ2v) is 4.56. The van der Waals surface area contributed by atoms with Gasteiger partial charge in [0.15, 0.2) is 0 Å². The normalized spacial score (nSPS) is 16.6. The van der Waals surface area contributed by atoms with Gasteiger partial charge in [-0.25, -0.2) is 4.98 Å². The summed E-state index contributed by atoms with van der Waals surface area (Å²) in [6.45, 7) is 6.12. The van der Waals surface area contributed by atoms with Crippen LogP contribution in [0.1, 0.15) is 18.4 Å². The Kier molecular flexibility index (Phi) is 4.02. The Balaban J connectivity index is 1.82. The standard InChI is InChI=1S/C12H17ClN2O/c1-10-9-14-12(13)8-11(10)16-7-6-15-4-2-3-5-15/h8-9H,2-7H2,1H3. The highest BCUT2D eigenvalue weighted by molar-refractivity contribution is 6.29. The number of aryl methyl sites for hydroxylation is 1. The number of rotatable bonds is 4. The zero-order chi connectivity index (χ0) is 11.4. The largest absolute Gasteiger partial charge is 0.492 e. The minimum Gasteiger partial charge on any atom is -0.492 e. The molecular formula is C12H17ClN2O. The molecule has 0 aliphatic carbocycles. The van der Waals surface area contributed by atoms with E-state index in [9.17, 15) is 0 Å². The molecule has 1 aliphatic heterocycles. The smallest absolute Gasteiger partial charge is 0.132 e. The van der Waals surface area contributed by atoms with Gasteiger partial charge in [0.05, 0.1) is 0 Å². The first kappa shape index (κ1) is 11.7. The van der Waals surface area contributed by atoms with Crippen LogP contribution >= 0.6 is 11.6 Å². The number of ether oxygens (including phenoxy) is 1. The van der Waals surface area contributed by atoms with Crippen molar-refractivity contribution in [1.29, 1.82) is 0 Å². The predicted molar refractivity (Wildman–Crippen MR) is 65.2 cm³/mol. The molecule has 0 atom stereocenters. The van der Waals surface area contributed by atoms with Crippen LogP contribution in [0, 0.1) is 6.92 Å². The number of pyridine rings is 1. The molecule has 16 heavy (non-hydrogen) atoms. The molecule has 1 aromatic heterocycles. The molecule has 0 aromatic carbocycles. The van der Waals surface area contributed by atoms with Crippen molar-refractivity contribution in [3.05, 3.63) is 23.0 Å². The lowest BCUT2D eigenvalue weighted by Gasteiger charge is -2.15. The van der Waals surface area contributed by atoms with Crippen molar-refractivity contribution in [3.63, 3.8) is 0 Å². The van der Waals surface area contributed by atoms with Gasteiger partial charge in [0.2, 0.25) is 0 Å². The van der Waals surface area contributed by atoms with E-state index in [-0.39, 0.29) is 0 Å². The summed E-state index contributed by atoms with van der Waals surface area (Å²) in [5.74, 6) is 0.846. The molecule has 88 valence electrons. The van der Waals surface area contributed by atoms with Crippen LogP contribution in [0.5, 0.6) is 5.75 Å². The number of nitrogens with zero attached hydrogens (tertiary/aromatic N) is 2. The quantitative estimate of drug-likeness (QED) is 0.757. The van der Waals surface area contributed by atoms with Crippen molar-refractivity contribution in [1.82, 2.24) is 9.88 Å². The molecule has 2 heterocycles. The SMILES string of the molecule is Cc1cnc(Cl)cc1OCCN1CCCC1. The van der Waals surface area contributed by atoms with Gasteiger partial charge in [-0.1, -0.05) is 11.6 Å². The summed E-state index contributed by atoms with van der Waals surface area (Å²) in [6, 6.07) is 1.78. The van der Waals surface area contributed by atoms with E-state index in [1.807, 2.05) is 6.92 Å². The number of hydrogen-bond acceptors (Lipinski definition) is 3. The molecule has 3 nitrogen and oxygen atoms in total. The summed E-state index contributed by atoms with van der Waals surface area (Å²) < 4.78 is 5.71. The van der Waals surface area contributed by atoms with Crippen LogP contribution in [-0.2, 0) is 0 Å². The Bertz CT molecular complexity index is 351. The van der Waals surface area contributed by atoms with Gasteiger partial charge in [-0.3, -0.25) is 4.90 Å². The van der Waals surface area contributed by atoms with Gasteiger partial charge in [0, 0.05) is 24.4 Å². The average Bonchev–Trinajstić information content (AvgIpc) is 2.76. The Morgan fingerprint density at radius 1 is 1.44 bits per heavy atom. The van der Waals surface area contributed by atoms with Crippen molar-refractivity contribution in [2.45, 2.75) is 19.8 Å². The first-order chi connectivity index (χ1) is 7.75. The molecule has 0 saturated carbocycles. The third kappa shape index (κ3) is 3.09. The first-order valence-corrected chi connectivity index (χ1v) is 6.11. The number of likely N-dealkylation sites (tertiary alicyclic amines) is 1. The fourth-order valence-corrected chi connectivity index (χ4v) is 2.08. The Morgan fingerprint density at radius 3 is 2.94 bits per heavy atom. The van der Waals surface area contributed by atoms with Gasteiger partial charge in [0.25, 0.3) is 0 Å². The maximum atomic E-state index is 5.82. The molecular weight excluding hydrogens is 224 g/mol. The van der Waals surface area contributed by atoms with Gasteiger partial charge in [0.1, 0.15) is 17.5 Å². The van der Waals surface area contributed by atoms with Gasteiger partial charge in [-0.05, 0) is 32.9 Å². The molecule has 1 fully saturated rings. The fraction of sp³-hybridized carbons (Fsp3) is 0.583. The molecule has 0 radical (unpaired) electrons. The van der Waals surface area contributed by atoms with Crippen LogP contribution in [-0.4, -0.2) is 36.1 Å². The zero-order valence-corrected chi connectivity index (χ0v) is 10.3. The number of aromatic nitrogens is 1. The lowest BCUT2D eigenvalue weighted by molar-refractivity contribution is 0.236. The maximum absolute atomic E-state index is 5.82. The van der Waals surface area contributed by atoms with Gasteiger partial charge >= 0.3 is 0 Å². The molecule has 0 amide bonds. The highest BCUT2D eigenvalue weighted by Crippen LogP contribution is 2.20. The molecule has 0 N–H and O–H groups in total. The van der Waals surface area contributed by atoms with Crippen molar-refractivity contribution in [2.24, 2.45) is 0 Å². The highest BCUT2D eigenvalue weighted by atomic mass is 35.5. The van der Waals surface area contributed by atoms with Crippen molar-refractivity contribution in [3.8, 4) is 5.75 Å². The molecule has 4 heteroatoms. The molecule has 1 aromatic rings. The Labute approximate surface area is 101 Å². The van der Waals surface area contributed by atoms with Crippen molar-refractivity contribution in [2.75, 3.05) is 26.2 Å². The van der Waals surface area contributed by atoms with Crippen molar-refractivity contribution < 1.29 is 4.74 Å². The van der Waals surface area contributed by atoms with E-state index in [0.29, 0.717) is 5.15 Å². The van der Waals surface area contributed by atoms with E-state index < -0.39 is 0 Å². The van der Waals surface area contributed by atoms with Crippen LogP contribution < -0.4 is 4.74 Å². The first-order valence-electron chi connectivity index (χ1n) is 5.73. The van der Waals surface area contributed by atoms with Crippen LogP contribution in [0.2, 0.25) is 5.15 Å².